The lowest BCUT2D eigenvalue weighted by Gasteiger charge is -2.36. The number of benzene rings is 2. The highest BCUT2D eigenvalue weighted by molar-refractivity contribution is 9.10. The second-order valence-electron chi connectivity index (χ2n) is 6.60. The quantitative estimate of drug-likeness (QED) is 0.697. The summed E-state index contributed by atoms with van der Waals surface area (Å²) in [6, 6.07) is 13.4. The number of carbonyl (C=O) groups excluding carboxylic acids is 2. The fourth-order valence-electron chi connectivity index (χ4n) is 3.25. The van der Waals surface area contributed by atoms with Crippen LogP contribution in [0.1, 0.15) is 42.5 Å². The van der Waals surface area contributed by atoms with E-state index in [1.807, 2.05) is 24.3 Å². The van der Waals surface area contributed by atoms with Gasteiger partial charge >= 0.3 is 0 Å². The van der Waals surface area contributed by atoms with Gasteiger partial charge in [-0.05, 0) is 61.4 Å². The first-order valence-corrected chi connectivity index (χ1v) is 9.46. The lowest BCUT2D eigenvalue weighted by atomic mass is 9.80. The van der Waals surface area contributed by atoms with Crippen molar-refractivity contribution in [3.63, 3.8) is 0 Å². The van der Waals surface area contributed by atoms with E-state index < -0.39 is 5.54 Å². The van der Waals surface area contributed by atoms with Crippen molar-refractivity contribution in [3.05, 3.63) is 58.6 Å². The number of hydrogen-bond donors (Lipinski definition) is 3. The Morgan fingerprint density at radius 1 is 0.923 bits per heavy atom. The molecule has 5 nitrogen and oxygen atoms in total. The van der Waals surface area contributed by atoms with E-state index in [2.05, 4.69) is 26.6 Å². The van der Waals surface area contributed by atoms with Gasteiger partial charge in [0.25, 0.3) is 5.91 Å². The highest BCUT2D eigenvalue weighted by Crippen LogP contribution is 2.30. The van der Waals surface area contributed by atoms with Gasteiger partial charge in [0.1, 0.15) is 11.3 Å². The molecule has 2 amide bonds. The van der Waals surface area contributed by atoms with Crippen LogP contribution in [0.3, 0.4) is 0 Å². The van der Waals surface area contributed by atoms with Gasteiger partial charge < -0.3 is 15.7 Å². The summed E-state index contributed by atoms with van der Waals surface area (Å²) < 4.78 is 0.934. The Hall–Kier alpha value is -2.34. The van der Waals surface area contributed by atoms with Crippen LogP contribution in [0.2, 0.25) is 0 Å². The number of rotatable bonds is 4. The summed E-state index contributed by atoms with van der Waals surface area (Å²) in [7, 11) is 0. The number of phenolic OH excluding ortho intramolecular Hbond substituents is 1. The predicted octanol–water partition coefficient (Wildman–Crippen LogP) is 4.23. The Bertz CT molecular complexity index is 782. The Morgan fingerprint density at radius 3 is 2.15 bits per heavy atom. The average molecular weight is 417 g/mol. The molecule has 0 unspecified atom stereocenters. The van der Waals surface area contributed by atoms with E-state index >= 15 is 0 Å². The normalized spacial score (nSPS) is 15.9. The number of phenols is 1. The Morgan fingerprint density at radius 2 is 1.54 bits per heavy atom. The second kappa shape index (κ2) is 7.91. The summed E-state index contributed by atoms with van der Waals surface area (Å²) in [5, 5.41) is 15.3. The fourth-order valence-corrected chi connectivity index (χ4v) is 3.51. The Balaban J connectivity index is 1.79. The molecule has 136 valence electrons. The maximum Gasteiger partial charge on any atom is 0.252 e. The van der Waals surface area contributed by atoms with Crippen LogP contribution < -0.4 is 10.6 Å². The number of amides is 2. The van der Waals surface area contributed by atoms with Gasteiger partial charge in [-0.15, -0.1) is 0 Å². The molecule has 0 aliphatic heterocycles. The molecule has 6 heteroatoms. The fraction of sp³-hybridized carbons (Fsp3) is 0.300. The summed E-state index contributed by atoms with van der Waals surface area (Å²) in [5.41, 5.74) is 0.200. The largest absolute Gasteiger partial charge is 0.508 e. The van der Waals surface area contributed by atoms with Crippen LogP contribution in [0.4, 0.5) is 5.69 Å². The highest BCUT2D eigenvalue weighted by Gasteiger charge is 2.41. The van der Waals surface area contributed by atoms with Gasteiger partial charge in [0.15, 0.2) is 0 Å². The van der Waals surface area contributed by atoms with Crippen LogP contribution >= 0.6 is 15.9 Å². The molecule has 0 saturated heterocycles. The molecule has 0 atom stereocenters. The van der Waals surface area contributed by atoms with Crippen LogP contribution in [0, 0.1) is 0 Å². The molecular weight excluding hydrogens is 396 g/mol. The number of aromatic hydroxyl groups is 1. The van der Waals surface area contributed by atoms with Crippen LogP contribution in [0.5, 0.6) is 5.75 Å². The van der Waals surface area contributed by atoms with E-state index in [1.54, 1.807) is 12.1 Å². The molecule has 0 heterocycles. The van der Waals surface area contributed by atoms with Gasteiger partial charge in [-0.25, -0.2) is 0 Å². The Labute approximate surface area is 160 Å². The first kappa shape index (κ1) is 18.5. The second-order valence-corrected chi connectivity index (χ2v) is 7.52. The molecule has 1 saturated carbocycles. The third kappa shape index (κ3) is 4.25. The smallest absolute Gasteiger partial charge is 0.252 e. The minimum absolute atomic E-state index is 0.0990. The molecule has 1 aliphatic rings. The molecule has 0 bridgehead atoms. The van der Waals surface area contributed by atoms with Gasteiger partial charge in [-0.3, -0.25) is 9.59 Å². The van der Waals surface area contributed by atoms with Gasteiger partial charge in [0, 0.05) is 15.7 Å². The summed E-state index contributed by atoms with van der Waals surface area (Å²) in [5.74, 6) is -0.397. The summed E-state index contributed by atoms with van der Waals surface area (Å²) >= 11 is 3.37. The minimum Gasteiger partial charge on any atom is -0.508 e. The van der Waals surface area contributed by atoms with Crippen LogP contribution in [0.15, 0.2) is 53.0 Å². The van der Waals surface area contributed by atoms with E-state index in [0.29, 0.717) is 24.1 Å². The summed E-state index contributed by atoms with van der Waals surface area (Å²) in [6.07, 6.45) is 4.06. The molecule has 3 rings (SSSR count). The number of carbonyl (C=O) groups is 2. The maximum atomic E-state index is 13.0. The van der Waals surface area contributed by atoms with Crippen molar-refractivity contribution in [2.45, 2.75) is 37.6 Å². The zero-order valence-corrected chi connectivity index (χ0v) is 15.9. The average Bonchev–Trinajstić information content (AvgIpc) is 2.65. The van der Waals surface area contributed by atoms with Crippen LogP contribution in [-0.2, 0) is 4.79 Å². The molecule has 2 aromatic carbocycles. The van der Waals surface area contributed by atoms with Crippen molar-refractivity contribution in [3.8, 4) is 5.75 Å². The SMILES string of the molecule is O=C(NC1(C(=O)Nc2ccc(Br)cc2)CCCCC1)c1ccc(O)cc1. The molecule has 1 aliphatic carbocycles. The van der Waals surface area contributed by atoms with Crippen molar-refractivity contribution in [1.82, 2.24) is 5.32 Å². The summed E-state index contributed by atoms with van der Waals surface area (Å²) in [4.78, 5) is 25.7. The standard InChI is InChI=1S/C20H21BrN2O3/c21-15-6-8-16(9-7-15)22-19(26)20(12-2-1-3-13-20)23-18(25)14-4-10-17(24)11-5-14/h4-11,24H,1-3,12-13H2,(H,22,26)(H,23,25). The third-order valence-corrected chi connectivity index (χ3v) is 5.25. The van der Waals surface area contributed by atoms with Gasteiger partial charge in [-0.2, -0.15) is 0 Å². The zero-order valence-electron chi connectivity index (χ0n) is 14.3. The van der Waals surface area contributed by atoms with Gasteiger partial charge in [0.2, 0.25) is 5.91 Å². The molecule has 26 heavy (non-hydrogen) atoms. The van der Waals surface area contributed by atoms with Crippen LogP contribution in [-0.4, -0.2) is 22.5 Å². The maximum absolute atomic E-state index is 13.0. The molecule has 0 aromatic heterocycles. The van der Waals surface area contributed by atoms with Crippen molar-refractivity contribution in [1.29, 1.82) is 0 Å². The third-order valence-electron chi connectivity index (χ3n) is 4.73. The number of halogens is 1. The molecule has 0 radical (unpaired) electrons. The van der Waals surface area contributed by atoms with Crippen LogP contribution in [0.25, 0.3) is 0 Å². The minimum atomic E-state index is -0.916. The molecule has 3 N–H and O–H groups in total. The van der Waals surface area contributed by atoms with E-state index in [4.69, 9.17) is 0 Å². The summed E-state index contributed by atoms with van der Waals surface area (Å²) in [6.45, 7) is 0. The van der Waals surface area contributed by atoms with E-state index in [9.17, 15) is 14.7 Å². The van der Waals surface area contributed by atoms with E-state index in [-0.39, 0.29) is 17.6 Å². The monoisotopic (exact) mass is 416 g/mol. The topological polar surface area (TPSA) is 78.4 Å². The predicted molar refractivity (Wildman–Crippen MR) is 104 cm³/mol. The number of anilines is 1. The highest BCUT2D eigenvalue weighted by atomic mass is 79.9. The van der Waals surface area contributed by atoms with E-state index in [1.165, 1.54) is 12.1 Å². The zero-order chi connectivity index (χ0) is 18.6. The molecule has 0 spiro atoms. The van der Waals surface area contributed by atoms with Crippen molar-refractivity contribution in [2.75, 3.05) is 5.32 Å². The number of hydrogen-bond acceptors (Lipinski definition) is 3. The number of nitrogens with one attached hydrogen (secondary N) is 2. The molecular formula is C20H21BrN2O3. The van der Waals surface area contributed by atoms with Gasteiger partial charge in [0.05, 0.1) is 0 Å². The lowest BCUT2D eigenvalue weighted by Crippen LogP contribution is -2.57. The van der Waals surface area contributed by atoms with Crippen molar-refractivity contribution in [2.24, 2.45) is 0 Å². The molecule has 1 fully saturated rings. The van der Waals surface area contributed by atoms with E-state index in [0.717, 1.165) is 23.7 Å². The molecule has 2 aromatic rings. The Kier molecular flexibility index (Phi) is 5.61. The van der Waals surface area contributed by atoms with Gasteiger partial charge in [-0.1, -0.05) is 35.2 Å². The lowest BCUT2D eigenvalue weighted by molar-refractivity contribution is -0.123. The first-order chi connectivity index (χ1) is 12.5. The van der Waals surface area contributed by atoms with Crippen molar-refractivity contribution < 1.29 is 14.7 Å². The first-order valence-electron chi connectivity index (χ1n) is 8.67. The van der Waals surface area contributed by atoms with Crippen molar-refractivity contribution >= 4 is 33.4 Å².